The van der Waals surface area contributed by atoms with Gasteiger partial charge in [-0.25, -0.2) is 0 Å². The van der Waals surface area contributed by atoms with Crippen molar-refractivity contribution in [1.29, 1.82) is 0 Å². The van der Waals surface area contributed by atoms with Crippen LogP contribution in [0.15, 0.2) is 36.4 Å². The van der Waals surface area contributed by atoms with Crippen LogP contribution in [0.4, 0.5) is 11.5 Å². The van der Waals surface area contributed by atoms with E-state index in [9.17, 15) is 4.79 Å². The summed E-state index contributed by atoms with van der Waals surface area (Å²) in [5, 5.41) is 18.4. The molecule has 1 aliphatic heterocycles. The summed E-state index contributed by atoms with van der Waals surface area (Å²) in [7, 11) is 0. The number of amides is 1. The van der Waals surface area contributed by atoms with Crippen LogP contribution in [0.3, 0.4) is 0 Å². The fourth-order valence-corrected chi connectivity index (χ4v) is 3.98. The first-order valence-electron chi connectivity index (χ1n) is 8.86. The van der Waals surface area contributed by atoms with Crippen molar-refractivity contribution in [2.45, 2.75) is 25.8 Å². The minimum atomic E-state index is -0.0743. The number of rotatable bonds is 4. The van der Waals surface area contributed by atoms with E-state index in [1.807, 2.05) is 36.4 Å². The predicted molar refractivity (Wildman–Crippen MR) is 98.3 cm³/mol. The summed E-state index contributed by atoms with van der Waals surface area (Å²) in [6.45, 7) is 3.81. The van der Waals surface area contributed by atoms with E-state index >= 15 is 0 Å². The highest BCUT2D eigenvalue weighted by Gasteiger charge is 2.37. The molecule has 2 aliphatic rings. The summed E-state index contributed by atoms with van der Waals surface area (Å²) in [4.78, 5) is 11.1. The minimum absolute atomic E-state index is 0.0743. The van der Waals surface area contributed by atoms with E-state index in [0.29, 0.717) is 6.04 Å². The summed E-state index contributed by atoms with van der Waals surface area (Å²) < 4.78 is 0. The fraction of sp³-hybridized carbons (Fsp3) is 0.421. The van der Waals surface area contributed by atoms with E-state index in [4.69, 9.17) is 0 Å². The number of anilines is 2. The Morgan fingerprint density at radius 3 is 2.36 bits per heavy atom. The molecule has 1 saturated heterocycles. The number of nitrogens with one attached hydrogen (secondary N) is 3. The van der Waals surface area contributed by atoms with E-state index in [1.54, 1.807) is 0 Å². The van der Waals surface area contributed by atoms with Crippen molar-refractivity contribution in [3.05, 3.63) is 36.4 Å². The Kier molecular flexibility index (Phi) is 4.36. The molecular weight excluding hydrogens is 314 g/mol. The SMILES string of the molecule is CC(=O)Nc1ccc(-c2ccc(NC3CC4CNCC4C3)nn2)cc1. The van der Waals surface area contributed by atoms with Crippen LogP contribution in [-0.2, 0) is 4.79 Å². The number of nitrogens with zero attached hydrogens (tertiary/aromatic N) is 2. The Morgan fingerprint density at radius 1 is 1.04 bits per heavy atom. The third-order valence-electron chi connectivity index (χ3n) is 5.17. The zero-order valence-corrected chi connectivity index (χ0v) is 14.3. The van der Waals surface area contributed by atoms with Gasteiger partial charge in [-0.3, -0.25) is 4.79 Å². The molecule has 4 rings (SSSR count). The molecule has 1 amide bonds. The highest BCUT2D eigenvalue weighted by molar-refractivity contribution is 5.88. The lowest BCUT2D eigenvalue weighted by Gasteiger charge is -2.14. The fourth-order valence-electron chi connectivity index (χ4n) is 3.98. The predicted octanol–water partition coefficient (Wildman–Crippen LogP) is 2.51. The lowest BCUT2D eigenvalue weighted by molar-refractivity contribution is -0.114. The van der Waals surface area contributed by atoms with Crippen LogP contribution in [0.5, 0.6) is 0 Å². The molecule has 6 heteroatoms. The van der Waals surface area contributed by atoms with E-state index in [-0.39, 0.29) is 5.91 Å². The molecule has 0 bridgehead atoms. The van der Waals surface area contributed by atoms with Gasteiger partial charge in [-0.1, -0.05) is 12.1 Å². The maximum absolute atomic E-state index is 11.1. The van der Waals surface area contributed by atoms with Crippen LogP contribution in [0.25, 0.3) is 11.3 Å². The second-order valence-corrected chi connectivity index (χ2v) is 7.05. The topological polar surface area (TPSA) is 78.9 Å². The lowest BCUT2D eigenvalue weighted by Crippen LogP contribution is -2.21. The Labute approximate surface area is 147 Å². The zero-order chi connectivity index (χ0) is 17.2. The van der Waals surface area contributed by atoms with E-state index < -0.39 is 0 Å². The molecule has 1 saturated carbocycles. The van der Waals surface area contributed by atoms with Gasteiger partial charge in [0.05, 0.1) is 5.69 Å². The average molecular weight is 337 g/mol. The maximum Gasteiger partial charge on any atom is 0.221 e. The number of hydrogen-bond acceptors (Lipinski definition) is 5. The Morgan fingerprint density at radius 2 is 1.76 bits per heavy atom. The first-order valence-corrected chi connectivity index (χ1v) is 8.86. The lowest BCUT2D eigenvalue weighted by atomic mass is 10.0. The molecule has 6 nitrogen and oxygen atoms in total. The maximum atomic E-state index is 11.1. The normalized spacial score (nSPS) is 24.8. The summed E-state index contributed by atoms with van der Waals surface area (Å²) >= 11 is 0. The summed E-state index contributed by atoms with van der Waals surface area (Å²) in [6.07, 6.45) is 2.43. The zero-order valence-electron chi connectivity index (χ0n) is 14.3. The number of hydrogen-bond donors (Lipinski definition) is 3. The van der Waals surface area contributed by atoms with Crippen molar-refractivity contribution in [3.8, 4) is 11.3 Å². The Balaban J connectivity index is 1.39. The summed E-state index contributed by atoms with van der Waals surface area (Å²) in [6, 6.07) is 12.1. The number of carbonyl (C=O) groups is 1. The number of aromatic nitrogens is 2. The first kappa shape index (κ1) is 16.0. The largest absolute Gasteiger partial charge is 0.366 e. The van der Waals surface area contributed by atoms with Gasteiger partial charge in [-0.15, -0.1) is 10.2 Å². The van der Waals surface area contributed by atoms with Gasteiger partial charge in [0.15, 0.2) is 0 Å². The van der Waals surface area contributed by atoms with Crippen LogP contribution in [-0.4, -0.2) is 35.2 Å². The highest BCUT2D eigenvalue weighted by Crippen LogP contribution is 2.35. The molecule has 1 aromatic heterocycles. The van der Waals surface area contributed by atoms with Gasteiger partial charge in [-0.05, 0) is 62.0 Å². The van der Waals surface area contributed by atoms with Gasteiger partial charge in [0, 0.05) is 24.2 Å². The van der Waals surface area contributed by atoms with E-state index in [1.165, 1.54) is 19.8 Å². The van der Waals surface area contributed by atoms with Crippen molar-refractivity contribution in [3.63, 3.8) is 0 Å². The first-order chi connectivity index (χ1) is 12.2. The molecule has 1 aliphatic carbocycles. The van der Waals surface area contributed by atoms with Gasteiger partial charge in [0.1, 0.15) is 5.82 Å². The van der Waals surface area contributed by atoms with Crippen LogP contribution >= 0.6 is 0 Å². The Hall–Kier alpha value is -2.47. The smallest absolute Gasteiger partial charge is 0.221 e. The van der Waals surface area contributed by atoms with Crippen LogP contribution in [0, 0.1) is 11.8 Å². The molecule has 3 N–H and O–H groups in total. The van der Waals surface area contributed by atoms with Crippen molar-refractivity contribution >= 4 is 17.4 Å². The van der Waals surface area contributed by atoms with Crippen molar-refractivity contribution in [2.75, 3.05) is 23.7 Å². The van der Waals surface area contributed by atoms with Gasteiger partial charge < -0.3 is 16.0 Å². The molecule has 2 aromatic rings. The summed E-state index contributed by atoms with van der Waals surface area (Å²) in [5.74, 6) is 2.39. The van der Waals surface area contributed by atoms with Gasteiger partial charge in [0.25, 0.3) is 0 Å². The third kappa shape index (κ3) is 3.64. The number of benzene rings is 1. The monoisotopic (exact) mass is 337 g/mol. The van der Waals surface area contributed by atoms with Crippen molar-refractivity contribution < 1.29 is 4.79 Å². The second kappa shape index (κ2) is 6.80. The molecule has 2 atom stereocenters. The van der Waals surface area contributed by atoms with Crippen molar-refractivity contribution in [1.82, 2.24) is 15.5 Å². The molecule has 2 heterocycles. The van der Waals surface area contributed by atoms with E-state index in [0.717, 1.165) is 47.7 Å². The molecule has 2 fully saturated rings. The van der Waals surface area contributed by atoms with Gasteiger partial charge in [0.2, 0.25) is 5.91 Å². The van der Waals surface area contributed by atoms with Crippen LogP contribution in [0.2, 0.25) is 0 Å². The highest BCUT2D eigenvalue weighted by atomic mass is 16.1. The second-order valence-electron chi connectivity index (χ2n) is 7.05. The Bertz CT molecular complexity index is 731. The quantitative estimate of drug-likeness (QED) is 0.799. The molecule has 1 aromatic carbocycles. The number of carbonyl (C=O) groups excluding carboxylic acids is 1. The third-order valence-corrected chi connectivity index (χ3v) is 5.17. The summed E-state index contributed by atoms with van der Waals surface area (Å²) in [5.41, 5.74) is 2.59. The molecular formula is C19H23N5O. The molecule has 25 heavy (non-hydrogen) atoms. The van der Waals surface area contributed by atoms with Gasteiger partial charge in [-0.2, -0.15) is 0 Å². The van der Waals surface area contributed by atoms with Crippen LogP contribution < -0.4 is 16.0 Å². The molecule has 0 spiro atoms. The van der Waals surface area contributed by atoms with Gasteiger partial charge >= 0.3 is 0 Å². The number of fused-ring (bicyclic) bond motifs is 1. The molecule has 2 unspecified atom stereocenters. The van der Waals surface area contributed by atoms with Crippen LogP contribution in [0.1, 0.15) is 19.8 Å². The standard InChI is InChI=1S/C19H23N5O/c1-12(25)21-16-4-2-13(3-5-16)18-6-7-19(24-23-18)22-17-8-14-10-20-11-15(14)9-17/h2-7,14-15,17,20H,8-11H2,1H3,(H,21,25)(H,22,24). The average Bonchev–Trinajstić information content (AvgIpc) is 3.17. The van der Waals surface area contributed by atoms with E-state index in [2.05, 4.69) is 26.1 Å². The minimum Gasteiger partial charge on any atom is -0.366 e. The molecule has 130 valence electrons. The van der Waals surface area contributed by atoms with Crippen molar-refractivity contribution in [2.24, 2.45) is 11.8 Å². The molecule has 0 radical (unpaired) electrons.